The van der Waals surface area contributed by atoms with Gasteiger partial charge in [0.25, 0.3) is 0 Å². The number of aromatic hydroxyl groups is 1. The molecule has 0 aromatic heterocycles. The molecule has 0 heterocycles. The van der Waals surface area contributed by atoms with E-state index in [4.69, 9.17) is 16.3 Å². The fraction of sp³-hybridized carbons (Fsp3) is 0.250. The van der Waals surface area contributed by atoms with Gasteiger partial charge in [-0.25, -0.2) is 0 Å². The average Bonchev–Trinajstić information content (AvgIpc) is 2.43. The molecule has 0 aliphatic rings. The first-order chi connectivity index (χ1) is 9.51. The Balaban J connectivity index is 2.25. The maximum Gasteiger partial charge on any atom is 0.162 e. The quantitative estimate of drug-likeness (QED) is 0.924. The van der Waals surface area contributed by atoms with Crippen LogP contribution in [-0.2, 0) is 6.54 Å². The molecule has 0 saturated heterocycles. The number of benzene rings is 2. The molecule has 2 rings (SSSR count). The van der Waals surface area contributed by atoms with E-state index in [1.165, 1.54) is 12.7 Å². The smallest absolute Gasteiger partial charge is 0.162 e. The second-order valence-corrected chi connectivity index (χ2v) is 5.24. The van der Waals surface area contributed by atoms with Gasteiger partial charge in [-0.3, -0.25) is 0 Å². The lowest BCUT2D eigenvalue weighted by molar-refractivity contribution is 0.370. The predicted octanol–water partition coefficient (Wildman–Crippen LogP) is 4.00. The lowest BCUT2D eigenvalue weighted by atomic mass is 10.1. The molecule has 1 N–H and O–H groups in total. The van der Waals surface area contributed by atoms with Crippen molar-refractivity contribution < 1.29 is 9.84 Å². The van der Waals surface area contributed by atoms with Crippen LogP contribution in [0.2, 0.25) is 5.02 Å². The predicted molar refractivity (Wildman–Crippen MR) is 83.0 cm³/mol. The molecule has 106 valence electrons. The van der Waals surface area contributed by atoms with Crippen molar-refractivity contribution in [1.29, 1.82) is 0 Å². The van der Waals surface area contributed by atoms with Crippen LogP contribution in [0.3, 0.4) is 0 Å². The normalized spacial score (nSPS) is 10.4. The molecular formula is C16H18ClNO2. The third-order valence-corrected chi connectivity index (χ3v) is 3.44. The van der Waals surface area contributed by atoms with Crippen LogP contribution in [-0.4, -0.2) is 19.3 Å². The minimum Gasteiger partial charge on any atom is -0.504 e. The molecule has 2 aromatic carbocycles. The van der Waals surface area contributed by atoms with Gasteiger partial charge in [0.05, 0.1) is 7.11 Å². The number of anilines is 1. The highest BCUT2D eigenvalue weighted by molar-refractivity contribution is 6.30. The van der Waals surface area contributed by atoms with Crippen molar-refractivity contribution in [2.75, 3.05) is 19.1 Å². The molecule has 4 heteroatoms. The maximum absolute atomic E-state index is 10.1. The van der Waals surface area contributed by atoms with E-state index >= 15 is 0 Å². The average molecular weight is 292 g/mol. The van der Waals surface area contributed by atoms with Crippen molar-refractivity contribution in [1.82, 2.24) is 0 Å². The Morgan fingerprint density at radius 2 is 1.85 bits per heavy atom. The minimum atomic E-state index is 0.135. The number of halogens is 1. The summed E-state index contributed by atoms with van der Waals surface area (Å²) < 4.78 is 5.12. The van der Waals surface area contributed by atoms with E-state index in [2.05, 4.69) is 19.1 Å². The number of methoxy groups -OCH3 is 1. The van der Waals surface area contributed by atoms with E-state index in [1.54, 1.807) is 12.1 Å². The Morgan fingerprint density at radius 1 is 1.20 bits per heavy atom. The molecule has 0 spiro atoms. The minimum absolute atomic E-state index is 0.135. The third kappa shape index (κ3) is 3.17. The van der Waals surface area contributed by atoms with Gasteiger partial charge in [-0.1, -0.05) is 29.3 Å². The van der Waals surface area contributed by atoms with Gasteiger partial charge in [-0.2, -0.15) is 0 Å². The Kier molecular flexibility index (Phi) is 4.40. The first kappa shape index (κ1) is 14.5. The Bertz CT molecular complexity index is 596. The fourth-order valence-electron chi connectivity index (χ4n) is 2.05. The maximum atomic E-state index is 10.1. The summed E-state index contributed by atoms with van der Waals surface area (Å²) in [5.74, 6) is 0.528. The van der Waals surface area contributed by atoms with Gasteiger partial charge in [0.2, 0.25) is 0 Å². The van der Waals surface area contributed by atoms with E-state index in [9.17, 15) is 5.11 Å². The lowest BCUT2D eigenvalue weighted by Crippen LogP contribution is -2.16. The van der Waals surface area contributed by atoms with Crippen LogP contribution in [0.15, 0.2) is 36.4 Å². The number of hydrogen-bond donors (Lipinski definition) is 1. The molecule has 0 unspecified atom stereocenters. The monoisotopic (exact) mass is 291 g/mol. The Hall–Kier alpha value is -1.87. The van der Waals surface area contributed by atoms with Gasteiger partial charge in [0, 0.05) is 35.9 Å². The van der Waals surface area contributed by atoms with Crippen LogP contribution in [0.4, 0.5) is 5.69 Å². The van der Waals surface area contributed by atoms with Crippen molar-refractivity contribution in [2.24, 2.45) is 0 Å². The molecule has 0 atom stereocenters. The number of nitrogens with zero attached hydrogens (tertiary/aromatic N) is 1. The van der Waals surface area contributed by atoms with Gasteiger partial charge in [-0.15, -0.1) is 0 Å². The van der Waals surface area contributed by atoms with E-state index in [0.717, 1.165) is 11.3 Å². The molecule has 0 aliphatic carbocycles. The van der Waals surface area contributed by atoms with Crippen LogP contribution in [0.1, 0.15) is 11.1 Å². The Labute approximate surface area is 124 Å². The highest BCUT2D eigenvalue weighted by atomic mass is 35.5. The van der Waals surface area contributed by atoms with Crippen molar-refractivity contribution in [2.45, 2.75) is 13.5 Å². The molecule has 0 radical (unpaired) electrons. The zero-order valence-electron chi connectivity index (χ0n) is 11.9. The lowest BCUT2D eigenvalue weighted by Gasteiger charge is -2.21. The number of hydrogen-bond acceptors (Lipinski definition) is 3. The van der Waals surface area contributed by atoms with Crippen LogP contribution >= 0.6 is 11.6 Å². The van der Waals surface area contributed by atoms with Crippen molar-refractivity contribution >= 4 is 17.3 Å². The molecule has 0 saturated carbocycles. The first-order valence-electron chi connectivity index (χ1n) is 6.34. The molecule has 3 nitrogen and oxygen atoms in total. The zero-order valence-corrected chi connectivity index (χ0v) is 12.6. The number of aryl methyl sites for hydroxylation is 1. The summed E-state index contributed by atoms with van der Waals surface area (Å²) in [7, 11) is 3.48. The van der Waals surface area contributed by atoms with Crippen LogP contribution in [0, 0.1) is 6.92 Å². The van der Waals surface area contributed by atoms with Gasteiger partial charge in [0.15, 0.2) is 11.5 Å². The van der Waals surface area contributed by atoms with Crippen molar-refractivity contribution in [3.63, 3.8) is 0 Å². The summed E-state index contributed by atoms with van der Waals surface area (Å²) in [6.45, 7) is 2.60. The molecule has 0 aliphatic heterocycles. The molecule has 2 aromatic rings. The summed E-state index contributed by atoms with van der Waals surface area (Å²) in [5.41, 5.74) is 3.03. The topological polar surface area (TPSA) is 32.7 Å². The highest BCUT2D eigenvalue weighted by Gasteiger charge is 2.12. The van der Waals surface area contributed by atoms with Gasteiger partial charge in [0.1, 0.15) is 0 Å². The number of phenols is 1. The van der Waals surface area contributed by atoms with Gasteiger partial charge < -0.3 is 14.7 Å². The second-order valence-electron chi connectivity index (χ2n) is 4.81. The SMILES string of the molecule is COc1cc(Cl)cc(CN(C)c2ccc(C)cc2)c1O. The molecule has 0 amide bonds. The van der Waals surface area contributed by atoms with E-state index < -0.39 is 0 Å². The number of rotatable bonds is 4. The summed E-state index contributed by atoms with van der Waals surface area (Å²) in [6.07, 6.45) is 0. The van der Waals surface area contributed by atoms with Crippen LogP contribution in [0.25, 0.3) is 0 Å². The molecule has 0 bridgehead atoms. The number of phenolic OH excluding ortho intramolecular Hbond substituents is 1. The summed E-state index contributed by atoms with van der Waals surface area (Å²) in [4.78, 5) is 2.05. The first-order valence-corrected chi connectivity index (χ1v) is 6.72. The molecule has 20 heavy (non-hydrogen) atoms. The van der Waals surface area contributed by atoms with Crippen LogP contribution < -0.4 is 9.64 Å². The Morgan fingerprint density at radius 3 is 2.45 bits per heavy atom. The summed E-state index contributed by atoms with van der Waals surface area (Å²) in [6, 6.07) is 11.6. The van der Waals surface area contributed by atoms with E-state index in [0.29, 0.717) is 17.3 Å². The molecule has 0 fully saturated rings. The standard InChI is InChI=1S/C16H18ClNO2/c1-11-4-6-14(7-5-11)18(2)10-12-8-13(17)9-15(20-3)16(12)19/h4-9,19H,10H2,1-3H3. The zero-order chi connectivity index (χ0) is 14.7. The van der Waals surface area contributed by atoms with Crippen LogP contribution in [0.5, 0.6) is 11.5 Å². The second kappa shape index (κ2) is 6.06. The third-order valence-electron chi connectivity index (χ3n) is 3.22. The summed E-state index contributed by atoms with van der Waals surface area (Å²) >= 11 is 6.04. The van der Waals surface area contributed by atoms with Gasteiger partial charge >= 0.3 is 0 Å². The fourth-order valence-corrected chi connectivity index (χ4v) is 2.28. The number of ether oxygens (including phenoxy) is 1. The highest BCUT2D eigenvalue weighted by Crippen LogP contribution is 2.34. The molecular weight excluding hydrogens is 274 g/mol. The largest absolute Gasteiger partial charge is 0.504 e. The summed E-state index contributed by atoms with van der Waals surface area (Å²) in [5, 5.41) is 10.7. The van der Waals surface area contributed by atoms with Gasteiger partial charge in [-0.05, 0) is 25.1 Å². The van der Waals surface area contributed by atoms with E-state index in [1.807, 2.05) is 24.1 Å². The van der Waals surface area contributed by atoms with Crippen molar-refractivity contribution in [3.8, 4) is 11.5 Å². The van der Waals surface area contributed by atoms with E-state index in [-0.39, 0.29) is 5.75 Å². The van der Waals surface area contributed by atoms with Crippen molar-refractivity contribution in [3.05, 3.63) is 52.5 Å².